The number of fused-ring (bicyclic) bond motifs is 1. The van der Waals surface area contributed by atoms with Crippen molar-refractivity contribution in [2.45, 2.75) is 32.1 Å². The number of hydrogen-bond donors (Lipinski definition) is 1. The number of carbonyl (C=O) groups excluding carboxylic acids is 1. The molecule has 110 valence electrons. The molecular weight excluding hydrogens is 252 g/mol. The summed E-state index contributed by atoms with van der Waals surface area (Å²) in [4.78, 5) is 15.0. The normalized spacial score (nSPS) is 17.2. The van der Waals surface area contributed by atoms with E-state index in [4.69, 9.17) is 9.90 Å². The first-order valence-corrected chi connectivity index (χ1v) is 7.17. The van der Waals surface area contributed by atoms with Crippen molar-refractivity contribution in [3.63, 3.8) is 0 Å². The van der Waals surface area contributed by atoms with E-state index >= 15 is 0 Å². The van der Waals surface area contributed by atoms with E-state index < -0.39 is 0 Å². The van der Waals surface area contributed by atoms with Gasteiger partial charge in [-0.3, -0.25) is 4.99 Å². The van der Waals surface area contributed by atoms with Crippen LogP contribution in [0.5, 0.6) is 5.75 Å². The summed E-state index contributed by atoms with van der Waals surface area (Å²) >= 11 is 0. The Morgan fingerprint density at radius 3 is 2.35 bits per heavy atom. The van der Waals surface area contributed by atoms with Gasteiger partial charge in [-0.15, -0.1) is 0 Å². The highest BCUT2D eigenvalue weighted by Gasteiger charge is 2.16. The summed E-state index contributed by atoms with van der Waals surface area (Å²) in [6.45, 7) is 5.60. The third-order valence-electron chi connectivity index (χ3n) is 3.33. The lowest BCUT2D eigenvalue weighted by molar-refractivity contribution is -0.0979. The highest BCUT2D eigenvalue weighted by molar-refractivity contribution is 5.83. The molecule has 1 aromatic carbocycles. The van der Waals surface area contributed by atoms with Crippen LogP contribution in [-0.2, 0) is 4.79 Å². The number of hydrogen-bond acceptors (Lipinski definition) is 4. The number of rotatable bonds is 0. The van der Waals surface area contributed by atoms with Crippen molar-refractivity contribution in [1.82, 2.24) is 4.90 Å². The third-order valence-corrected chi connectivity index (χ3v) is 3.33. The largest absolute Gasteiger partial charge is 0.508 e. The first kappa shape index (κ1) is 16.2. The van der Waals surface area contributed by atoms with Crippen LogP contribution in [-0.4, -0.2) is 42.3 Å². The molecule has 0 atom stereocenters. The average molecular weight is 276 g/mol. The average Bonchev–Trinajstić information content (AvgIpc) is 2.76. The number of aliphatic imine (C=N–C) groups is 1. The molecule has 20 heavy (non-hydrogen) atoms. The van der Waals surface area contributed by atoms with Gasteiger partial charge in [0, 0.05) is 26.1 Å². The van der Waals surface area contributed by atoms with Crippen molar-refractivity contribution in [1.29, 1.82) is 0 Å². The molecule has 0 saturated carbocycles. The SMILES string of the molecule is C1CCC2=NCCCN2CC1.C=O.Oc1ccccc1. The molecule has 2 heterocycles. The summed E-state index contributed by atoms with van der Waals surface area (Å²) in [5, 5.41) is 8.63. The lowest BCUT2D eigenvalue weighted by atomic mass is 10.2. The van der Waals surface area contributed by atoms with E-state index in [0.29, 0.717) is 5.75 Å². The molecule has 2 aliphatic heterocycles. The minimum absolute atomic E-state index is 0.322. The number of amidine groups is 1. The van der Waals surface area contributed by atoms with Gasteiger partial charge in [0.05, 0.1) is 5.84 Å². The fourth-order valence-corrected chi connectivity index (χ4v) is 2.37. The number of aromatic hydroxyl groups is 1. The highest BCUT2D eigenvalue weighted by atomic mass is 16.3. The maximum absolute atomic E-state index is 8.63. The summed E-state index contributed by atoms with van der Waals surface area (Å²) in [5.41, 5.74) is 0. The molecule has 2 aliphatic rings. The monoisotopic (exact) mass is 276 g/mol. The molecule has 4 heteroatoms. The Bertz CT molecular complexity index is 393. The molecule has 1 saturated heterocycles. The molecule has 0 radical (unpaired) electrons. The standard InChI is InChI=1S/C9H16N2.C6H6O.CH2O/c1-2-5-9-10-6-4-8-11(9)7-3-1;7-6-4-2-1-3-5-6;1-2/h1-8H2;1-5,7H;1H2. The Balaban J connectivity index is 0.000000193. The Morgan fingerprint density at radius 2 is 1.70 bits per heavy atom. The van der Waals surface area contributed by atoms with Crippen molar-refractivity contribution < 1.29 is 9.90 Å². The van der Waals surface area contributed by atoms with E-state index in [1.807, 2.05) is 12.9 Å². The molecule has 0 amide bonds. The van der Waals surface area contributed by atoms with Gasteiger partial charge in [-0.2, -0.15) is 0 Å². The number of phenols is 1. The molecule has 3 rings (SSSR count). The number of phenolic OH excluding ortho intramolecular Hbond substituents is 1. The van der Waals surface area contributed by atoms with Gasteiger partial charge < -0.3 is 14.8 Å². The molecule has 0 aliphatic carbocycles. The second-order valence-electron chi connectivity index (χ2n) is 4.78. The van der Waals surface area contributed by atoms with E-state index in [9.17, 15) is 0 Å². The highest BCUT2D eigenvalue weighted by Crippen LogP contribution is 2.15. The maximum atomic E-state index is 8.63. The van der Waals surface area contributed by atoms with Gasteiger partial charge in [0.15, 0.2) is 0 Å². The summed E-state index contributed by atoms with van der Waals surface area (Å²) < 4.78 is 0. The third kappa shape index (κ3) is 5.87. The predicted molar refractivity (Wildman–Crippen MR) is 82.2 cm³/mol. The fraction of sp³-hybridized carbons (Fsp3) is 0.500. The molecule has 1 fully saturated rings. The molecule has 0 aromatic heterocycles. The van der Waals surface area contributed by atoms with Gasteiger partial charge in [0.1, 0.15) is 12.5 Å². The summed E-state index contributed by atoms with van der Waals surface area (Å²) in [7, 11) is 0. The first-order chi connectivity index (χ1) is 9.86. The van der Waals surface area contributed by atoms with Crippen LogP contribution in [0.4, 0.5) is 0 Å². The van der Waals surface area contributed by atoms with Crippen molar-refractivity contribution >= 4 is 12.6 Å². The number of carbonyl (C=O) groups is 1. The molecule has 1 N–H and O–H groups in total. The van der Waals surface area contributed by atoms with Crippen LogP contribution >= 0.6 is 0 Å². The van der Waals surface area contributed by atoms with Crippen molar-refractivity contribution in [3.8, 4) is 5.75 Å². The van der Waals surface area contributed by atoms with E-state index in [1.165, 1.54) is 51.0 Å². The fourth-order valence-electron chi connectivity index (χ4n) is 2.37. The Kier molecular flexibility index (Phi) is 8.11. The maximum Gasteiger partial charge on any atom is 0.115 e. The summed E-state index contributed by atoms with van der Waals surface area (Å²) in [6.07, 6.45) is 6.63. The predicted octanol–water partition coefficient (Wildman–Crippen LogP) is 2.87. The quantitative estimate of drug-likeness (QED) is 0.792. The molecule has 0 unspecified atom stereocenters. The molecule has 0 spiro atoms. The van der Waals surface area contributed by atoms with E-state index in [-0.39, 0.29) is 0 Å². The van der Waals surface area contributed by atoms with Gasteiger partial charge in [0.2, 0.25) is 0 Å². The number of para-hydroxylation sites is 1. The molecule has 1 aromatic rings. The lowest BCUT2D eigenvalue weighted by Crippen LogP contribution is -2.34. The van der Waals surface area contributed by atoms with Gasteiger partial charge in [-0.05, 0) is 31.4 Å². The summed E-state index contributed by atoms with van der Waals surface area (Å²) in [6, 6.07) is 8.71. The van der Waals surface area contributed by atoms with Crippen LogP contribution in [0.1, 0.15) is 32.1 Å². The van der Waals surface area contributed by atoms with Gasteiger partial charge in [-0.25, -0.2) is 0 Å². The number of nitrogens with zero attached hydrogens (tertiary/aromatic N) is 2. The smallest absolute Gasteiger partial charge is 0.115 e. The zero-order chi connectivity index (χ0) is 14.6. The number of benzene rings is 1. The van der Waals surface area contributed by atoms with E-state index in [1.54, 1.807) is 24.3 Å². The second kappa shape index (κ2) is 10.0. The molecule has 4 nitrogen and oxygen atoms in total. The van der Waals surface area contributed by atoms with Crippen LogP contribution in [0, 0.1) is 0 Å². The zero-order valence-corrected chi connectivity index (χ0v) is 12.0. The van der Waals surface area contributed by atoms with Crippen LogP contribution in [0.2, 0.25) is 0 Å². The van der Waals surface area contributed by atoms with Crippen LogP contribution < -0.4 is 0 Å². The van der Waals surface area contributed by atoms with E-state index in [2.05, 4.69) is 9.89 Å². The van der Waals surface area contributed by atoms with Crippen molar-refractivity contribution in [3.05, 3.63) is 30.3 Å². The molecular formula is C16H24N2O2. The van der Waals surface area contributed by atoms with E-state index in [0.717, 1.165) is 6.54 Å². The first-order valence-electron chi connectivity index (χ1n) is 7.17. The lowest BCUT2D eigenvalue weighted by Gasteiger charge is -2.27. The topological polar surface area (TPSA) is 52.9 Å². The minimum Gasteiger partial charge on any atom is -0.508 e. The molecule has 0 bridgehead atoms. The second-order valence-corrected chi connectivity index (χ2v) is 4.78. The Hall–Kier alpha value is -1.84. The van der Waals surface area contributed by atoms with Gasteiger partial charge in [0.25, 0.3) is 0 Å². The van der Waals surface area contributed by atoms with Crippen molar-refractivity contribution in [2.75, 3.05) is 19.6 Å². The van der Waals surface area contributed by atoms with Crippen LogP contribution in [0.25, 0.3) is 0 Å². The minimum atomic E-state index is 0.322. The van der Waals surface area contributed by atoms with Crippen molar-refractivity contribution in [2.24, 2.45) is 4.99 Å². The van der Waals surface area contributed by atoms with Crippen LogP contribution in [0.15, 0.2) is 35.3 Å². The Labute approximate surface area is 121 Å². The van der Waals surface area contributed by atoms with Crippen LogP contribution in [0.3, 0.4) is 0 Å². The summed E-state index contributed by atoms with van der Waals surface area (Å²) in [5.74, 6) is 1.72. The van der Waals surface area contributed by atoms with Gasteiger partial charge in [-0.1, -0.05) is 24.6 Å². The Morgan fingerprint density at radius 1 is 1.00 bits per heavy atom. The van der Waals surface area contributed by atoms with Gasteiger partial charge >= 0.3 is 0 Å². The zero-order valence-electron chi connectivity index (χ0n) is 12.0.